The normalized spacial score (nSPS) is 27.1. The molecule has 4 aliphatic rings. The Balaban J connectivity index is 1.44. The lowest BCUT2D eigenvalue weighted by Crippen LogP contribution is -2.53. The fourth-order valence-corrected chi connectivity index (χ4v) is 6.72. The molecule has 11 heteroatoms. The molecule has 5 heterocycles. The highest BCUT2D eigenvalue weighted by atomic mass is 16.5. The molecule has 1 fully saturated rings. The summed E-state index contributed by atoms with van der Waals surface area (Å²) in [5, 5.41) is 12.7. The molecule has 2 unspecified atom stereocenters. The zero-order chi connectivity index (χ0) is 29.2. The summed E-state index contributed by atoms with van der Waals surface area (Å²) in [6.07, 6.45) is 1.26. The number of aromatic nitrogens is 1. The molecule has 2 aromatic carbocycles. The number of rotatable bonds is 4. The summed E-state index contributed by atoms with van der Waals surface area (Å²) in [5.74, 6) is -0.284. The SMILES string of the molecule is COC(=O)c1nc2oc1[C@@]13c4ccccc4NC1Oc1ccc(cc13)C[C@H](NC(=O)[C@@H]1CCCN1)C(=O)NC2C(C)C. The average Bonchev–Trinajstić information content (AvgIpc) is 3.77. The average molecular weight is 572 g/mol. The molecule has 0 saturated carbocycles. The van der Waals surface area contributed by atoms with Gasteiger partial charge in [0.2, 0.25) is 17.7 Å². The second kappa shape index (κ2) is 9.87. The van der Waals surface area contributed by atoms with Crippen LogP contribution in [0.4, 0.5) is 5.69 Å². The highest BCUT2D eigenvalue weighted by Gasteiger charge is 2.61. The van der Waals surface area contributed by atoms with Gasteiger partial charge in [0.1, 0.15) is 23.2 Å². The van der Waals surface area contributed by atoms with Gasteiger partial charge in [-0.15, -0.1) is 0 Å². The quantitative estimate of drug-likeness (QED) is 0.347. The second-order valence-electron chi connectivity index (χ2n) is 11.7. The summed E-state index contributed by atoms with van der Waals surface area (Å²) >= 11 is 0. The lowest BCUT2D eigenvalue weighted by Gasteiger charge is -2.29. The van der Waals surface area contributed by atoms with E-state index in [1.165, 1.54) is 7.11 Å². The summed E-state index contributed by atoms with van der Waals surface area (Å²) in [6, 6.07) is 11.7. The van der Waals surface area contributed by atoms with Crippen molar-refractivity contribution in [2.45, 2.75) is 62.9 Å². The van der Waals surface area contributed by atoms with E-state index in [0.29, 0.717) is 11.5 Å². The van der Waals surface area contributed by atoms with Crippen molar-refractivity contribution in [3.05, 3.63) is 76.5 Å². The van der Waals surface area contributed by atoms with Crippen LogP contribution in [-0.2, 0) is 26.2 Å². The molecule has 218 valence electrons. The van der Waals surface area contributed by atoms with Gasteiger partial charge in [0, 0.05) is 17.7 Å². The molecule has 4 aliphatic heterocycles. The van der Waals surface area contributed by atoms with Crippen molar-refractivity contribution in [2.24, 2.45) is 5.92 Å². The van der Waals surface area contributed by atoms with Gasteiger partial charge in [0.25, 0.3) is 0 Å². The Hall–Kier alpha value is -4.38. The first-order valence-electron chi connectivity index (χ1n) is 14.4. The van der Waals surface area contributed by atoms with Gasteiger partial charge in [-0.1, -0.05) is 44.2 Å². The van der Waals surface area contributed by atoms with Crippen molar-refractivity contribution in [1.29, 1.82) is 0 Å². The van der Waals surface area contributed by atoms with Crippen molar-refractivity contribution in [1.82, 2.24) is 20.9 Å². The summed E-state index contributed by atoms with van der Waals surface area (Å²) in [5.41, 5.74) is 2.28. The van der Waals surface area contributed by atoms with Crippen molar-refractivity contribution in [2.75, 3.05) is 19.0 Å². The predicted octanol–water partition coefficient (Wildman–Crippen LogP) is 2.55. The number of oxazole rings is 1. The summed E-state index contributed by atoms with van der Waals surface area (Å²) in [6.45, 7) is 4.63. The zero-order valence-electron chi connectivity index (χ0n) is 23.7. The molecule has 0 aliphatic carbocycles. The van der Waals surface area contributed by atoms with Crippen molar-refractivity contribution < 1.29 is 28.3 Å². The fraction of sp³-hybridized carbons (Fsp3) is 0.419. The molecular weight excluding hydrogens is 538 g/mol. The highest BCUT2D eigenvalue weighted by molar-refractivity contribution is 5.92. The van der Waals surface area contributed by atoms with Gasteiger partial charge in [0.05, 0.1) is 13.2 Å². The molecule has 4 bridgehead atoms. The van der Waals surface area contributed by atoms with E-state index in [0.717, 1.165) is 41.8 Å². The Morgan fingerprint density at radius 2 is 1.98 bits per heavy atom. The number of esters is 1. The van der Waals surface area contributed by atoms with Crippen molar-refractivity contribution in [3.63, 3.8) is 0 Å². The van der Waals surface area contributed by atoms with E-state index in [1.807, 2.05) is 56.3 Å². The van der Waals surface area contributed by atoms with E-state index in [4.69, 9.17) is 13.9 Å². The molecule has 1 aromatic heterocycles. The van der Waals surface area contributed by atoms with Crippen molar-refractivity contribution in [3.8, 4) is 5.75 Å². The van der Waals surface area contributed by atoms with E-state index in [-0.39, 0.29) is 41.8 Å². The van der Waals surface area contributed by atoms with E-state index in [2.05, 4.69) is 26.3 Å². The third-order valence-electron chi connectivity index (χ3n) is 8.81. The standard InChI is InChI=1S/C31H33N5O6/c1-15(2)23-28-36-24(29(39)40-3)25(42-28)31-17-7-4-5-8-19(17)34-30(31)41-22-11-10-16(13-18(22)31)14-21(27(38)35-23)33-26(37)20-9-6-12-32-20/h4-5,7-8,10-11,13,15,20-21,23,30,32,34H,6,9,12,14H2,1-3H3,(H,33,37)(H,35,38)/t20-,21-,23?,30?,31-/m0/s1. The molecule has 3 aromatic rings. The molecule has 42 heavy (non-hydrogen) atoms. The van der Waals surface area contributed by atoms with E-state index >= 15 is 0 Å². The minimum Gasteiger partial charge on any atom is -0.469 e. The number of benzene rings is 2. The molecular formula is C31H33N5O6. The van der Waals surface area contributed by atoms with Gasteiger partial charge in [-0.3, -0.25) is 9.59 Å². The van der Waals surface area contributed by atoms with Gasteiger partial charge in [-0.05, 0) is 48.6 Å². The number of carbonyl (C=O) groups is 3. The molecule has 4 N–H and O–H groups in total. The van der Waals surface area contributed by atoms with Gasteiger partial charge in [-0.25, -0.2) is 9.78 Å². The molecule has 11 nitrogen and oxygen atoms in total. The number of methoxy groups -OCH3 is 1. The number of hydrogen-bond acceptors (Lipinski definition) is 9. The van der Waals surface area contributed by atoms with Crippen molar-refractivity contribution >= 4 is 23.5 Å². The van der Waals surface area contributed by atoms with Gasteiger partial charge in [-0.2, -0.15) is 0 Å². The maximum Gasteiger partial charge on any atom is 0.360 e. The van der Waals surface area contributed by atoms with Crippen LogP contribution < -0.4 is 26.0 Å². The van der Waals surface area contributed by atoms with Crippen LogP contribution in [0.5, 0.6) is 5.75 Å². The monoisotopic (exact) mass is 571 g/mol. The third-order valence-corrected chi connectivity index (χ3v) is 8.81. The van der Waals surface area contributed by atoms with Gasteiger partial charge in [0.15, 0.2) is 17.7 Å². The molecule has 2 amide bonds. The molecule has 1 spiro atoms. The number of anilines is 1. The highest BCUT2D eigenvalue weighted by Crippen LogP contribution is 2.58. The maximum absolute atomic E-state index is 13.8. The molecule has 0 radical (unpaired) electrons. The van der Waals surface area contributed by atoms with Crippen LogP contribution in [-0.4, -0.2) is 54.7 Å². The minimum atomic E-state index is -1.06. The smallest absolute Gasteiger partial charge is 0.360 e. The molecule has 7 rings (SSSR count). The number of ether oxygens (including phenoxy) is 2. The summed E-state index contributed by atoms with van der Waals surface area (Å²) in [7, 11) is 1.30. The number of carbonyl (C=O) groups excluding carboxylic acids is 3. The third kappa shape index (κ3) is 3.90. The minimum absolute atomic E-state index is 0.0224. The predicted molar refractivity (Wildman–Crippen MR) is 151 cm³/mol. The number of nitrogens with zero attached hydrogens (tertiary/aromatic N) is 1. The Bertz CT molecular complexity index is 1590. The number of fused-ring (bicyclic) bond motifs is 4. The van der Waals surface area contributed by atoms with E-state index < -0.39 is 29.7 Å². The van der Waals surface area contributed by atoms with Crippen LogP contribution >= 0.6 is 0 Å². The van der Waals surface area contributed by atoms with Crippen LogP contribution in [0, 0.1) is 5.92 Å². The van der Waals surface area contributed by atoms with E-state index in [1.54, 1.807) is 0 Å². The zero-order valence-corrected chi connectivity index (χ0v) is 23.7. The van der Waals surface area contributed by atoms with Crippen LogP contribution in [0.3, 0.4) is 0 Å². The first-order valence-corrected chi connectivity index (χ1v) is 14.4. The molecule has 5 atom stereocenters. The number of amides is 2. The first-order chi connectivity index (χ1) is 20.3. The number of para-hydroxylation sites is 1. The Morgan fingerprint density at radius 3 is 2.74 bits per heavy atom. The second-order valence-corrected chi connectivity index (χ2v) is 11.7. The van der Waals surface area contributed by atoms with Crippen LogP contribution in [0.15, 0.2) is 46.9 Å². The summed E-state index contributed by atoms with van der Waals surface area (Å²) < 4.78 is 18.2. The molecule has 1 saturated heterocycles. The largest absolute Gasteiger partial charge is 0.469 e. The Labute approximate surface area is 242 Å². The Morgan fingerprint density at radius 1 is 1.14 bits per heavy atom. The fourth-order valence-electron chi connectivity index (χ4n) is 6.72. The van der Waals surface area contributed by atoms with E-state index in [9.17, 15) is 14.4 Å². The van der Waals surface area contributed by atoms with Gasteiger partial charge >= 0.3 is 5.97 Å². The summed E-state index contributed by atoms with van der Waals surface area (Å²) in [4.78, 5) is 44.9. The van der Waals surface area contributed by atoms with Crippen LogP contribution in [0.25, 0.3) is 0 Å². The Kier molecular flexibility index (Phi) is 6.23. The first kappa shape index (κ1) is 26.5. The van der Waals surface area contributed by atoms with Gasteiger partial charge < -0.3 is 35.2 Å². The number of nitrogens with one attached hydrogen (secondary N) is 4. The lowest BCUT2D eigenvalue weighted by atomic mass is 9.72. The number of hydrogen-bond donors (Lipinski definition) is 4. The lowest BCUT2D eigenvalue weighted by molar-refractivity contribution is -0.130. The van der Waals surface area contributed by atoms with Crippen LogP contribution in [0.2, 0.25) is 0 Å². The topological polar surface area (TPSA) is 144 Å². The maximum atomic E-state index is 13.8. The van der Waals surface area contributed by atoms with Crippen LogP contribution in [0.1, 0.15) is 71.6 Å².